The Morgan fingerprint density at radius 1 is 1.53 bits per heavy atom. The van der Waals surface area contributed by atoms with Gasteiger partial charge >= 0.3 is 5.97 Å². The summed E-state index contributed by atoms with van der Waals surface area (Å²) in [6.07, 6.45) is 2.63. The number of benzene rings is 1. The third-order valence-electron chi connectivity index (χ3n) is 3.02. The van der Waals surface area contributed by atoms with Crippen LogP contribution in [-0.4, -0.2) is 38.7 Å². The first-order valence-corrected chi connectivity index (χ1v) is 6.17. The minimum Gasteiger partial charge on any atom is -0.490 e. The molecule has 1 heterocycles. The van der Waals surface area contributed by atoms with Crippen molar-refractivity contribution in [3.8, 4) is 5.75 Å². The van der Waals surface area contributed by atoms with Crippen molar-refractivity contribution in [3.63, 3.8) is 0 Å². The van der Waals surface area contributed by atoms with E-state index in [0.717, 1.165) is 19.4 Å². The molecule has 0 radical (unpaired) electrons. The fourth-order valence-corrected chi connectivity index (χ4v) is 2.05. The summed E-state index contributed by atoms with van der Waals surface area (Å²) in [6, 6.07) is 4.87. The molecule has 0 spiro atoms. The van der Waals surface area contributed by atoms with E-state index in [-0.39, 0.29) is 17.2 Å². The molecule has 0 aliphatic carbocycles. The van der Waals surface area contributed by atoms with E-state index in [1.807, 2.05) is 0 Å². The minimum absolute atomic E-state index is 0.0467. The van der Waals surface area contributed by atoms with Crippen LogP contribution in [0.4, 0.5) is 0 Å². The third-order valence-corrected chi connectivity index (χ3v) is 3.02. The smallest absolute Gasteiger partial charge is 0.342 e. The molecule has 0 amide bonds. The van der Waals surface area contributed by atoms with Crippen LogP contribution in [0, 0.1) is 0 Å². The van der Waals surface area contributed by atoms with Crippen molar-refractivity contribution in [2.24, 2.45) is 0 Å². The largest absolute Gasteiger partial charge is 0.490 e. The molecule has 1 aliphatic rings. The lowest BCUT2D eigenvalue weighted by molar-refractivity contribution is 0.0565. The molecule has 1 atom stereocenters. The Morgan fingerprint density at radius 3 is 3.00 bits per heavy atom. The van der Waals surface area contributed by atoms with Gasteiger partial charge in [-0.25, -0.2) is 4.79 Å². The highest BCUT2D eigenvalue weighted by molar-refractivity contribution is 6.00. The zero-order chi connectivity index (χ0) is 13.7. The number of carbonyl (C=O) groups is 2. The van der Waals surface area contributed by atoms with Crippen LogP contribution in [0.5, 0.6) is 5.75 Å². The van der Waals surface area contributed by atoms with Crippen molar-refractivity contribution in [1.82, 2.24) is 0 Å². The van der Waals surface area contributed by atoms with Gasteiger partial charge < -0.3 is 14.2 Å². The van der Waals surface area contributed by atoms with Gasteiger partial charge in [0, 0.05) is 12.2 Å². The molecule has 1 saturated heterocycles. The van der Waals surface area contributed by atoms with Crippen molar-refractivity contribution < 1.29 is 23.8 Å². The average molecular weight is 264 g/mol. The van der Waals surface area contributed by atoms with Crippen molar-refractivity contribution >= 4 is 12.3 Å². The second-order valence-electron chi connectivity index (χ2n) is 4.28. The first-order valence-electron chi connectivity index (χ1n) is 6.17. The molecular formula is C14H16O5. The van der Waals surface area contributed by atoms with Crippen LogP contribution in [0.15, 0.2) is 18.2 Å². The number of hydrogen-bond acceptors (Lipinski definition) is 5. The summed E-state index contributed by atoms with van der Waals surface area (Å²) in [7, 11) is 1.27. The number of esters is 1. The first kappa shape index (κ1) is 13.5. The fourth-order valence-electron chi connectivity index (χ4n) is 2.05. The van der Waals surface area contributed by atoms with Gasteiger partial charge in [0.15, 0.2) is 6.29 Å². The standard InChI is InChI=1S/C14H16O5/c1-17-14(16)13-10(8-15)4-2-6-12(13)19-9-11-5-3-7-18-11/h2,4,6,8,11H,3,5,7,9H2,1H3. The van der Waals surface area contributed by atoms with E-state index >= 15 is 0 Å². The number of aldehydes is 1. The number of rotatable bonds is 5. The molecule has 5 heteroatoms. The maximum Gasteiger partial charge on any atom is 0.342 e. The van der Waals surface area contributed by atoms with Gasteiger partial charge in [0.05, 0.1) is 13.2 Å². The van der Waals surface area contributed by atoms with E-state index in [9.17, 15) is 9.59 Å². The maximum atomic E-state index is 11.7. The van der Waals surface area contributed by atoms with E-state index in [1.54, 1.807) is 18.2 Å². The zero-order valence-electron chi connectivity index (χ0n) is 10.8. The van der Waals surface area contributed by atoms with Gasteiger partial charge in [-0.3, -0.25) is 4.79 Å². The highest BCUT2D eigenvalue weighted by Crippen LogP contribution is 2.24. The Labute approximate surface area is 111 Å². The first-order chi connectivity index (χ1) is 9.26. The van der Waals surface area contributed by atoms with Gasteiger partial charge in [-0.05, 0) is 18.9 Å². The van der Waals surface area contributed by atoms with Crippen LogP contribution in [0.1, 0.15) is 33.6 Å². The summed E-state index contributed by atoms with van der Waals surface area (Å²) in [5.41, 5.74) is 0.426. The van der Waals surface area contributed by atoms with Crippen molar-refractivity contribution in [2.45, 2.75) is 18.9 Å². The number of methoxy groups -OCH3 is 1. The van der Waals surface area contributed by atoms with Gasteiger partial charge in [-0.15, -0.1) is 0 Å². The molecule has 0 aromatic heterocycles. The van der Waals surface area contributed by atoms with E-state index in [4.69, 9.17) is 9.47 Å². The number of ether oxygens (including phenoxy) is 3. The summed E-state index contributed by atoms with van der Waals surface area (Å²) in [5.74, 6) is -0.225. The predicted molar refractivity (Wildman–Crippen MR) is 67.6 cm³/mol. The molecular weight excluding hydrogens is 248 g/mol. The number of hydrogen-bond donors (Lipinski definition) is 0. The molecule has 0 bridgehead atoms. The van der Waals surface area contributed by atoms with Gasteiger partial charge in [0.2, 0.25) is 0 Å². The van der Waals surface area contributed by atoms with Crippen LogP contribution in [0.3, 0.4) is 0 Å². The monoisotopic (exact) mass is 264 g/mol. The lowest BCUT2D eigenvalue weighted by Gasteiger charge is -2.14. The molecule has 1 aromatic carbocycles. The average Bonchev–Trinajstić information content (AvgIpc) is 2.97. The second kappa shape index (κ2) is 6.33. The van der Waals surface area contributed by atoms with E-state index in [2.05, 4.69) is 4.74 Å². The van der Waals surface area contributed by atoms with E-state index < -0.39 is 5.97 Å². The quantitative estimate of drug-likeness (QED) is 0.600. The molecule has 2 rings (SSSR count). The van der Waals surface area contributed by atoms with Crippen LogP contribution >= 0.6 is 0 Å². The summed E-state index contributed by atoms with van der Waals surface area (Å²) >= 11 is 0. The van der Waals surface area contributed by atoms with Crippen LogP contribution in [-0.2, 0) is 9.47 Å². The molecule has 1 aromatic rings. The lowest BCUT2D eigenvalue weighted by Crippen LogP contribution is -2.18. The second-order valence-corrected chi connectivity index (χ2v) is 4.28. The van der Waals surface area contributed by atoms with Gasteiger partial charge in [-0.2, -0.15) is 0 Å². The Kier molecular flexibility index (Phi) is 4.52. The van der Waals surface area contributed by atoms with Crippen molar-refractivity contribution in [3.05, 3.63) is 29.3 Å². The molecule has 5 nitrogen and oxygen atoms in total. The Morgan fingerprint density at radius 2 is 2.37 bits per heavy atom. The van der Waals surface area contributed by atoms with Gasteiger partial charge in [0.25, 0.3) is 0 Å². The Bertz CT molecular complexity index is 463. The highest BCUT2D eigenvalue weighted by atomic mass is 16.5. The van der Waals surface area contributed by atoms with Crippen LogP contribution in [0.25, 0.3) is 0 Å². The van der Waals surface area contributed by atoms with E-state index in [0.29, 0.717) is 18.6 Å². The SMILES string of the molecule is COC(=O)c1c(C=O)cccc1OCC1CCCO1. The highest BCUT2D eigenvalue weighted by Gasteiger charge is 2.21. The molecule has 1 fully saturated rings. The number of carbonyl (C=O) groups excluding carboxylic acids is 2. The molecule has 1 unspecified atom stereocenters. The fraction of sp³-hybridized carbons (Fsp3) is 0.429. The van der Waals surface area contributed by atoms with Gasteiger partial charge in [-0.1, -0.05) is 12.1 Å². The Hall–Kier alpha value is -1.88. The zero-order valence-corrected chi connectivity index (χ0v) is 10.8. The Balaban J connectivity index is 2.17. The molecule has 19 heavy (non-hydrogen) atoms. The lowest BCUT2D eigenvalue weighted by atomic mass is 10.1. The summed E-state index contributed by atoms with van der Waals surface area (Å²) in [5, 5.41) is 0. The minimum atomic E-state index is -0.579. The van der Waals surface area contributed by atoms with Crippen molar-refractivity contribution in [2.75, 3.05) is 20.3 Å². The van der Waals surface area contributed by atoms with Crippen LogP contribution < -0.4 is 4.74 Å². The molecule has 102 valence electrons. The molecule has 0 saturated carbocycles. The van der Waals surface area contributed by atoms with Crippen LogP contribution in [0.2, 0.25) is 0 Å². The summed E-state index contributed by atoms with van der Waals surface area (Å²) in [6.45, 7) is 1.11. The predicted octanol–water partition coefficient (Wildman–Crippen LogP) is 1.84. The normalized spacial score (nSPS) is 18.1. The van der Waals surface area contributed by atoms with Gasteiger partial charge in [0.1, 0.15) is 17.9 Å². The summed E-state index contributed by atoms with van der Waals surface area (Å²) in [4.78, 5) is 22.7. The summed E-state index contributed by atoms with van der Waals surface area (Å²) < 4.78 is 15.7. The maximum absolute atomic E-state index is 11.7. The molecule has 0 N–H and O–H groups in total. The van der Waals surface area contributed by atoms with Crippen molar-refractivity contribution in [1.29, 1.82) is 0 Å². The molecule has 1 aliphatic heterocycles. The topological polar surface area (TPSA) is 61.8 Å². The van der Waals surface area contributed by atoms with E-state index in [1.165, 1.54) is 7.11 Å². The third kappa shape index (κ3) is 3.12.